The Labute approximate surface area is 124 Å². The number of urea groups is 1. The van der Waals surface area contributed by atoms with Gasteiger partial charge in [-0.3, -0.25) is 14.5 Å². The van der Waals surface area contributed by atoms with Crippen molar-refractivity contribution in [3.05, 3.63) is 33.8 Å². The Morgan fingerprint density at radius 3 is 2.55 bits per heavy atom. The van der Waals surface area contributed by atoms with Crippen molar-refractivity contribution >= 4 is 41.0 Å². The molecule has 1 aliphatic rings. The van der Waals surface area contributed by atoms with E-state index in [0.29, 0.717) is 10.6 Å². The molecule has 2 rings (SSSR count). The molecule has 20 heavy (non-hydrogen) atoms. The molecule has 1 fully saturated rings. The summed E-state index contributed by atoms with van der Waals surface area (Å²) in [5.74, 6) is -1.34. The number of nitrogens with one attached hydrogen (secondary N) is 1. The maximum Gasteiger partial charge on any atom is 0.325 e. The molecule has 1 aromatic rings. The zero-order valence-electron chi connectivity index (χ0n) is 10.4. The lowest BCUT2D eigenvalue weighted by Gasteiger charge is -2.22. The Balaban J connectivity index is 2.40. The molecule has 106 valence electrons. The number of hydrogen-bond donors (Lipinski definition) is 2. The summed E-state index contributed by atoms with van der Waals surface area (Å²) in [7, 11) is 0. The van der Waals surface area contributed by atoms with Gasteiger partial charge in [0.05, 0.1) is 10.0 Å². The third-order valence-electron chi connectivity index (χ3n) is 3.09. The van der Waals surface area contributed by atoms with Gasteiger partial charge in [-0.05, 0) is 24.6 Å². The molecule has 0 radical (unpaired) electrons. The van der Waals surface area contributed by atoms with Crippen molar-refractivity contribution in [1.29, 1.82) is 0 Å². The Hall–Kier alpha value is -1.79. The van der Waals surface area contributed by atoms with E-state index in [1.807, 2.05) is 0 Å². The highest BCUT2D eigenvalue weighted by molar-refractivity contribution is 6.42. The molecular weight excluding hydrogens is 305 g/mol. The number of carbonyl (C=O) groups excluding carboxylic acids is 3. The number of nitrogens with zero attached hydrogens (tertiary/aromatic N) is 1. The molecule has 1 heterocycles. The molecule has 1 aromatic carbocycles. The predicted molar refractivity (Wildman–Crippen MR) is 73.3 cm³/mol. The van der Waals surface area contributed by atoms with Crippen molar-refractivity contribution in [3.8, 4) is 0 Å². The molecule has 0 bridgehead atoms. The topological polar surface area (TPSA) is 92.5 Å². The van der Waals surface area contributed by atoms with E-state index in [2.05, 4.69) is 5.32 Å². The van der Waals surface area contributed by atoms with E-state index >= 15 is 0 Å². The van der Waals surface area contributed by atoms with Crippen LogP contribution in [0.15, 0.2) is 18.2 Å². The summed E-state index contributed by atoms with van der Waals surface area (Å²) in [6, 6.07) is 3.93. The second-order valence-electron chi connectivity index (χ2n) is 4.54. The molecule has 0 saturated carbocycles. The van der Waals surface area contributed by atoms with Gasteiger partial charge in [0.25, 0.3) is 5.91 Å². The van der Waals surface area contributed by atoms with E-state index in [1.165, 1.54) is 19.1 Å². The van der Waals surface area contributed by atoms with E-state index < -0.39 is 29.9 Å². The van der Waals surface area contributed by atoms with Crippen molar-refractivity contribution in [3.63, 3.8) is 0 Å². The number of imide groups is 1. The SMILES string of the molecule is C[C@]1(c2ccc(Cl)c(Cl)c2)NC(=O)N(CC(N)=O)C1=O. The summed E-state index contributed by atoms with van der Waals surface area (Å²) in [6.45, 7) is 1.05. The lowest BCUT2D eigenvalue weighted by molar-refractivity contribution is -0.134. The molecule has 3 N–H and O–H groups in total. The summed E-state index contributed by atoms with van der Waals surface area (Å²) in [4.78, 5) is 35.8. The van der Waals surface area contributed by atoms with Crippen LogP contribution in [0.2, 0.25) is 10.0 Å². The minimum Gasteiger partial charge on any atom is -0.368 e. The third-order valence-corrected chi connectivity index (χ3v) is 3.82. The van der Waals surface area contributed by atoms with E-state index in [4.69, 9.17) is 28.9 Å². The number of primary amides is 1. The summed E-state index contributed by atoms with van der Waals surface area (Å²) >= 11 is 11.7. The van der Waals surface area contributed by atoms with Gasteiger partial charge in [0, 0.05) is 0 Å². The van der Waals surface area contributed by atoms with Crippen LogP contribution in [0.4, 0.5) is 4.79 Å². The van der Waals surface area contributed by atoms with Crippen LogP contribution in [0.3, 0.4) is 0 Å². The van der Waals surface area contributed by atoms with Gasteiger partial charge in [-0.25, -0.2) is 4.79 Å². The second-order valence-corrected chi connectivity index (χ2v) is 5.36. The molecule has 1 aliphatic heterocycles. The van der Waals surface area contributed by atoms with Crippen LogP contribution in [-0.2, 0) is 15.1 Å². The first-order chi connectivity index (χ1) is 9.25. The van der Waals surface area contributed by atoms with E-state index in [1.54, 1.807) is 6.07 Å². The third kappa shape index (κ3) is 2.32. The molecular formula is C12H11Cl2N3O3. The van der Waals surface area contributed by atoms with Gasteiger partial charge in [-0.15, -0.1) is 0 Å². The van der Waals surface area contributed by atoms with Gasteiger partial charge in [0.15, 0.2) is 0 Å². The number of hydrogen-bond acceptors (Lipinski definition) is 3. The summed E-state index contributed by atoms with van der Waals surface area (Å²) < 4.78 is 0. The quantitative estimate of drug-likeness (QED) is 0.822. The molecule has 4 amide bonds. The van der Waals surface area contributed by atoms with Crippen LogP contribution in [0.5, 0.6) is 0 Å². The van der Waals surface area contributed by atoms with E-state index in [9.17, 15) is 14.4 Å². The minimum atomic E-state index is -1.30. The Bertz CT molecular complexity index is 620. The van der Waals surface area contributed by atoms with Crippen LogP contribution in [0.25, 0.3) is 0 Å². The summed E-state index contributed by atoms with van der Waals surface area (Å²) in [5, 5.41) is 3.13. The Morgan fingerprint density at radius 2 is 2.00 bits per heavy atom. The number of nitrogens with two attached hydrogens (primary N) is 1. The number of carbonyl (C=O) groups is 3. The van der Waals surface area contributed by atoms with Gasteiger partial charge in [0.1, 0.15) is 12.1 Å². The molecule has 0 aliphatic carbocycles. The fourth-order valence-corrected chi connectivity index (χ4v) is 2.30. The normalized spacial score (nSPS) is 22.1. The predicted octanol–water partition coefficient (Wildman–Crippen LogP) is 1.25. The van der Waals surface area contributed by atoms with Gasteiger partial charge < -0.3 is 11.1 Å². The Morgan fingerprint density at radius 1 is 1.35 bits per heavy atom. The van der Waals surface area contributed by atoms with Crippen LogP contribution in [0.1, 0.15) is 12.5 Å². The van der Waals surface area contributed by atoms with Crippen LogP contribution in [0, 0.1) is 0 Å². The zero-order valence-corrected chi connectivity index (χ0v) is 12.0. The van der Waals surface area contributed by atoms with Crippen LogP contribution < -0.4 is 11.1 Å². The minimum absolute atomic E-state index is 0.265. The van der Waals surface area contributed by atoms with E-state index in [0.717, 1.165) is 4.90 Å². The first kappa shape index (κ1) is 14.6. The molecule has 8 heteroatoms. The number of amides is 4. The van der Waals surface area contributed by atoms with Crippen LogP contribution in [-0.4, -0.2) is 29.3 Å². The summed E-state index contributed by atoms with van der Waals surface area (Å²) in [5.41, 5.74) is 4.18. The molecule has 0 unspecified atom stereocenters. The molecule has 0 aromatic heterocycles. The lowest BCUT2D eigenvalue weighted by Crippen LogP contribution is -2.42. The highest BCUT2D eigenvalue weighted by atomic mass is 35.5. The van der Waals surface area contributed by atoms with Gasteiger partial charge in [-0.2, -0.15) is 0 Å². The maximum absolute atomic E-state index is 12.3. The first-order valence-electron chi connectivity index (χ1n) is 5.63. The lowest BCUT2D eigenvalue weighted by atomic mass is 9.92. The van der Waals surface area contributed by atoms with Crippen molar-refractivity contribution in [2.75, 3.05) is 6.54 Å². The van der Waals surface area contributed by atoms with Crippen molar-refractivity contribution in [2.45, 2.75) is 12.5 Å². The molecule has 1 saturated heterocycles. The maximum atomic E-state index is 12.3. The smallest absolute Gasteiger partial charge is 0.325 e. The van der Waals surface area contributed by atoms with Gasteiger partial charge in [0.2, 0.25) is 5.91 Å². The average Bonchev–Trinajstić information content (AvgIpc) is 2.57. The number of halogens is 2. The van der Waals surface area contributed by atoms with Gasteiger partial charge in [-0.1, -0.05) is 29.3 Å². The monoisotopic (exact) mass is 315 g/mol. The fraction of sp³-hybridized carbons (Fsp3) is 0.250. The zero-order chi connectivity index (χ0) is 15.1. The number of rotatable bonds is 3. The summed E-state index contributed by atoms with van der Waals surface area (Å²) in [6.07, 6.45) is 0. The standard InChI is InChI=1S/C12H11Cl2N3O3/c1-12(6-2-3-7(13)8(14)4-6)10(19)17(5-9(15)18)11(20)16-12/h2-4H,5H2,1H3,(H2,15,18)(H,16,20)/t12-/m1/s1. The second kappa shape index (κ2) is 4.96. The molecule has 1 atom stereocenters. The highest BCUT2D eigenvalue weighted by Crippen LogP contribution is 2.32. The van der Waals surface area contributed by atoms with Crippen LogP contribution >= 0.6 is 23.2 Å². The Kier molecular flexibility index (Phi) is 3.62. The molecule has 0 spiro atoms. The van der Waals surface area contributed by atoms with Crippen molar-refractivity contribution < 1.29 is 14.4 Å². The molecule has 6 nitrogen and oxygen atoms in total. The highest BCUT2D eigenvalue weighted by Gasteiger charge is 2.49. The van der Waals surface area contributed by atoms with Crippen molar-refractivity contribution in [1.82, 2.24) is 10.2 Å². The van der Waals surface area contributed by atoms with Gasteiger partial charge >= 0.3 is 6.03 Å². The first-order valence-corrected chi connectivity index (χ1v) is 6.39. The fourth-order valence-electron chi connectivity index (χ4n) is 2.00. The average molecular weight is 316 g/mol. The van der Waals surface area contributed by atoms with E-state index in [-0.39, 0.29) is 5.02 Å². The number of benzene rings is 1. The van der Waals surface area contributed by atoms with Crippen molar-refractivity contribution in [2.24, 2.45) is 5.73 Å². The largest absolute Gasteiger partial charge is 0.368 e.